The molecule has 0 aliphatic rings. The number of anilines is 1. The SMILES string of the molecule is CC(F)(F)Cc1nc(N)n[nH]1. The van der Waals surface area contributed by atoms with Crippen LogP contribution in [-0.4, -0.2) is 21.1 Å². The largest absolute Gasteiger partial charge is 0.367 e. The molecule has 11 heavy (non-hydrogen) atoms. The van der Waals surface area contributed by atoms with E-state index in [4.69, 9.17) is 5.73 Å². The fraction of sp³-hybridized carbons (Fsp3) is 0.600. The van der Waals surface area contributed by atoms with E-state index >= 15 is 0 Å². The molecule has 1 heterocycles. The Labute approximate surface area is 61.8 Å². The van der Waals surface area contributed by atoms with Crippen LogP contribution >= 0.6 is 0 Å². The average Bonchev–Trinajstić information content (AvgIpc) is 2.10. The van der Waals surface area contributed by atoms with Crippen LogP contribution in [0.5, 0.6) is 0 Å². The van der Waals surface area contributed by atoms with Crippen molar-refractivity contribution in [1.29, 1.82) is 0 Å². The van der Waals surface area contributed by atoms with Crippen LogP contribution in [-0.2, 0) is 6.42 Å². The molecule has 0 unspecified atom stereocenters. The molecule has 62 valence electrons. The minimum atomic E-state index is -2.77. The van der Waals surface area contributed by atoms with Crippen LogP contribution in [0.3, 0.4) is 0 Å². The lowest BCUT2D eigenvalue weighted by Crippen LogP contribution is -2.14. The highest BCUT2D eigenvalue weighted by Crippen LogP contribution is 2.16. The van der Waals surface area contributed by atoms with E-state index in [1.54, 1.807) is 0 Å². The number of halogens is 2. The molecule has 0 saturated heterocycles. The third-order valence-electron chi connectivity index (χ3n) is 1.03. The van der Waals surface area contributed by atoms with Crippen molar-refractivity contribution in [3.8, 4) is 0 Å². The molecule has 6 heteroatoms. The molecule has 0 aromatic carbocycles. The lowest BCUT2D eigenvalue weighted by Gasteiger charge is -2.05. The first-order valence-electron chi connectivity index (χ1n) is 3.02. The van der Waals surface area contributed by atoms with Crippen LogP contribution in [0.25, 0.3) is 0 Å². The van der Waals surface area contributed by atoms with Gasteiger partial charge in [-0.25, -0.2) is 8.78 Å². The van der Waals surface area contributed by atoms with Gasteiger partial charge in [-0.1, -0.05) is 0 Å². The maximum atomic E-state index is 12.3. The molecule has 0 aliphatic carbocycles. The Kier molecular flexibility index (Phi) is 1.76. The van der Waals surface area contributed by atoms with Crippen molar-refractivity contribution in [2.24, 2.45) is 0 Å². The number of nitrogens with one attached hydrogen (secondary N) is 1. The molecule has 0 saturated carbocycles. The smallest absolute Gasteiger partial charge is 0.252 e. The maximum absolute atomic E-state index is 12.3. The number of hydrogen-bond donors (Lipinski definition) is 2. The molecule has 0 fully saturated rings. The zero-order valence-electron chi connectivity index (χ0n) is 5.93. The Balaban J connectivity index is 2.65. The third kappa shape index (κ3) is 2.48. The average molecular weight is 162 g/mol. The molecule has 0 radical (unpaired) electrons. The summed E-state index contributed by atoms with van der Waals surface area (Å²) in [4.78, 5) is 3.53. The normalized spacial score (nSPS) is 11.9. The number of aromatic nitrogens is 3. The molecule has 1 aromatic heterocycles. The summed E-state index contributed by atoms with van der Waals surface area (Å²) in [6.07, 6.45) is -0.461. The minimum Gasteiger partial charge on any atom is -0.367 e. The second-order valence-electron chi connectivity index (χ2n) is 2.39. The van der Waals surface area contributed by atoms with E-state index in [9.17, 15) is 8.78 Å². The van der Waals surface area contributed by atoms with Gasteiger partial charge in [0.1, 0.15) is 5.82 Å². The van der Waals surface area contributed by atoms with Crippen LogP contribution in [0, 0.1) is 0 Å². The molecule has 4 nitrogen and oxygen atoms in total. The van der Waals surface area contributed by atoms with E-state index in [2.05, 4.69) is 15.2 Å². The third-order valence-corrected chi connectivity index (χ3v) is 1.03. The summed E-state index contributed by atoms with van der Waals surface area (Å²) in [6, 6.07) is 0. The Bertz CT molecular complexity index is 239. The first-order valence-corrected chi connectivity index (χ1v) is 3.02. The van der Waals surface area contributed by atoms with Crippen molar-refractivity contribution in [3.05, 3.63) is 5.82 Å². The molecule has 1 aromatic rings. The van der Waals surface area contributed by atoms with E-state index in [1.165, 1.54) is 0 Å². The fourth-order valence-electron chi connectivity index (χ4n) is 0.683. The van der Waals surface area contributed by atoms with Crippen molar-refractivity contribution in [3.63, 3.8) is 0 Å². The Morgan fingerprint density at radius 2 is 2.27 bits per heavy atom. The van der Waals surface area contributed by atoms with Crippen molar-refractivity contribution in [2.75, 3.05) is 5.73 Å². The number of nitrogens with two attached hydrogens (primary N) is 1. The van der Waals surface area contributed by atoms with Gasteiger partial charge in [0.2, 0.25) is 5.95 Å². The zero-order chi connectivity index (χ0) is 8.48. The summed E-state index contributed by atoms with van der Waals surface area (Å²) < 4.78 is 24.6. The summed E-state index contributed by atoms with van der Waals surface area (Å²) >= 11 is 0. The summed E-state index contributed by atoms with van der Waals surface area (Å²) in [5.74, 6) is -2.68. The van der Waals surface area contributed by atoms with Crippen LogP contribution in [0.15, 0.2) is 0 Å². The van der Waals surface area contributed by atoms with Gasteiger partial charge in [0.05, 0.1) is 6.42 Å². The molecule has 0 atom stereocenters. The van der Waals surface area contributed by atoms with Crippen molar-refractivity contribution >= 4 is 5.95 Å². The minimum absolute atomic E-state index is 0.00995. The summed E-state index contributed by atoms with van der Waals surface area (Å²) in [5.41, 5.74) is 5.10. The highest BCUT2D eigenvalue weighted by Gasteiger charge is 2.23. The highest BCUT2D eigenvalue weighted by molar-refractivity contribution is 5.12. The molecular weight excluding hydrogens is 154 g/mol. The predicted octanol–water partition coefficient (Wildman–Crippen LogP) is 0.585. The molecule has 0 spiro atoms. The van der Waals surface area contributed by atoms with E-state index in [1.807, 2.05) is 0 Å². The Morgan fingerprint density at radius 3 is 2.64 bits per heavy atom. The molecule has 0 amide bonds. The summed E-state index contributed by atoms with van der Waals surface area (Å²) in [7, 11) is 0. The Hall–Kier alpha value is -1.20. The Morgan fingerprint density at radius 1 is 1.64 bits per heavy atom. The van der Waals surface area contributed by atoms with Gasteiger partial charge in [0.15, 0.2) is 0 Å². The van der Waals surface area contributed by atoms with E-state index in [-0.39, 0.29) is 11.8 Å². The van der Waals surface area contributed by atoms with Crippen LogP contribution in [0.4, 0.5) is 14.7 Å². The number of hydrogen-bond acceptors (Lipinski definition) is 3. The lowest BCUT2D eigenvalue weighted by molar-refractivity contribution is 0.0207. The number of nitrogen functional groups attached to an aromatic ring is 1. The summed E-state index contributed by atoms with van der Waals surface area (Å²) in [5, 5.41) is 5.70. The monoisotopic (exact) mass is 162 g/mol. The van der Waals surface area contributed by atoms with Crippen LogP contribution in [0.2, 0.25) is 0 Å². The highest BCUT2D eigenvalue weighted by atomic mass is 19.3. The molecule has 3 N–H and O–H groups in total. The zero-order valence-corrected chi connectivity index (χ0v) is 5.93. The first-order chi connectivity index (χ1) is 4.97. The molecule has 0 aliphatic heterocycles. The number of rotatable bonds is 2. The van der Waals surface area contributed by atoms with Gasteiger partial charge in [-0.05, 0) is 6.92 Å². The van der Waals surface area contributed by atoms with Crippen LogP contribution < -0.4 is 5.73 Å². The number of H-pyrrole nitrogens is 1. The molecule has 0 bridgehead atoms. The van der Waals surface area contributed by atoms with E-state index < -0.39 is 12.3 Å². The number of nitrogens with zero attached hydrogens (tertiary/aromatic N) is 2. The van der Waals surface area contributed by atoms with Crippen molar-refractivity contribution in [2.45, 2.75) is 19.3 Å². The molecule has 1 rings (SSSR count). The lowest BCUT2D eigenvalue weighted by atomic mass is 10.3. The maximum Gasteiger partial charge on any atom is 0.252 e. The fourth-order valence-corrected chi connectivity index (χ4v) is 0.683. The van der Waals surface area contributed by atoms with Gasteiger partial charge in [-0.15, -0.1) is 5.10 Å². The first kappa shape index (κ1) is 7.90. The number of aromatic amines is 1. The standard InChI is InChI=1S/C5H8F2N4/c1-5(6,7)2-3-9-4(8)11-10-3/h2H2,1H3,(H3,8,9,10,11). The van der Waals surface area contributed by atoms with Gasteiger partial charge >= 0.3 is 0 Å². The van der Waals surface area contributed by atoms with E-state index in [0.717, 1.165) is 6.92 Å². The predicted molar refractivity (Wildman–Crippen MR) is 35.1 cm³/mol. The second kappa shape index (κ2) is 2.44. The van der Waals surface area contributed by atoms with Crippen molar-refractivity contribution in [1.82, 2.24) is 15.2 Å². The van der Waals surface area contributed by atoms with E-state index in [0.29, 0.717) is 0 Å². The van der Waals surface area contributed by atoms with Crippen molar-refractivity contribution < 1.29 is 8.78 Å². The summed E-state index contributed by atoms with van der Waals surface area (Å²) in [6.45, 7) is 0.811. The second-order valence-corrected chi connectivity index (χ2v) is 2.39. The molecular formula is C5H8F2N4. The van der Waals surface area contributed by atoms with Gasteiger partial charge in [0.25, 0.3) is 5.92 Å². The number of alkyl halides is 2. The quantitative estimate of drug-likeness (QED) is 0.668. The van der Waals surface area contributed by atoms with Gasteiger partial charge < -0.3 is 5.73 Å². The van der Waals surface area contributed by atoms with Gasteiger partial charge in [-0.3, -0.25) is 5.10 Å². The van der Waals surface area contributed by atoms with Gasteiger partial charge in [0, 0.05) is 0 Å². The topological polar surface area (TPSA) is 67.6 Å². The van der Waals surface area contributed by atoms with Gasteiger partial charge in [-0.2, -0.15) is 4.98 Å². The van der Waals surface area contributed by atoms with Crippen LogP contribution in [0.1, 0.15) is 12.7 Å².